The smallest absolute Gasteiger partial charge is 0.331 e. The van der Waals surface area contributed by atoms with Gasteiger partial charge in [0.25, 0.3) is 5.91 Å². The molecule has 1 heterocycles. The number of anilines is 1. The third-order valence-corrected chi connectivity index (χ3v) is 3.74. The van der Waals surface area contributed by atoms with Crippen LogP contribution in [0.15, 0.2) is 39.4 Å². The van der Waals surface area contributed by atoms with Crippen molar-refractivity contribution in [2.24, 2.45) is 0 Å². The monoisotopic (exact) mass is 411 g/mol. The lowest BCUT2D eigenvalue weighted by Gasteiger charge is -2.11. The highest BCUT2D eigenvalue weighted by atomic mass is 79.9. The van der Waals surface area contributed by atoms with Crippen LogP contribution in [0.2, 0.25) is 5.02 Å². The molecule has 24 heavy (non-hydrogen) atoms. The molecule has 0 unspecified atom stereocenters. The van der Waals surface area contributed by atoms with Crippen LogP contribution in [-0.2, 0) is 14.3 Å². The summed E-state index contributed by atoms with van der Waals surface area (Å²) in [4.78, 5) is 23.5. The van der Waals surface area contributed by atoms with Gasteiger partial charge in [-0.3, -0.25) is 4.79 Å². The van der Waals surface area contributed by atoms with E-state index in [0.717, 1.165) is 11.1 Å². The first-order chi connectivity index (χ1) is 11.3. The molecule has 5 nitrogen and oxygen atoms in total. The number of nitrogens with one attached hydrogen (secondary N) is 1. The maximum absolute atomic E-state index is 11.9. The molecule has 7 heteroatoms. The Bertz CT molecular complexity index is 775. The number of benzene rings is 1. The predicted molar refractivity (Wildman–Crippen MR) is 96.0 cm³/mol. The maximum atomic E-state index is 11.9. The van der Waals surface area contributed by atoms with Crippen molar-refractivity contribution in [2.45, 2.75) is 13.8 Å². The summed E-state index contributed by atoms with van der Waals surface area (Å²) in [5.74, 6) is -0.624. The fourth-order valence-electron chi connectivity index (χ4n) is 2.00. The number of furan rings is 1. The van der Waals surface area contributed by atoms with E-state index in [1.165, 1.54) is 12.2 Å². The van der Waals surface area contributed by atoms with Crippen molar-refractivity contribution in [1.29, 1.82) is 0 Å². The van der Waals surface area contributed by atoms with Crippen molar-refractivity contribution in [3.8, 4) is 0 Å². The van der Waals surface area contributed by atoms with Crippen molar-refractivity contribution >= 4 is 51.2 Å². The molecule has 0 saturated carbocycles. The molecule has 0 aliphatic heterocycles. The van der Waals surface area contributed by atoms with Crippen LogP contribution in [0.4, 0.5) is 5.69 Å². The average Bonchev–Trinajstić information content (AvgIpc) is 2.92. The minimum absolute atomic E-state index is 0.408. The van der Waals surface area contributed by atoms with Crippen molar-refractivity contribution in [1.82, 2.24) is 0 Å². The summed E-state index contributed by atoms with van der Waals surface area (Å²) in [6, 6.07) is 7.03. The minimum Gasteiger partial charge on any atom is -0.452 e. The molecule has 1 aromatic heterocycles. The van der Waals surface area contributed by atoms with Gasteiger partial charge in [0.15, 0.2) is 11.3 Å². The topological polar surface area (TPSA) is 68.5 Å². The Balaban J connectivity index is 1.87. The molecule has 2 aromatic rings. The summed E-state index contributed by atoms with van der Waals surface area (Å²) in [6.45, 7) is 3.34. The van der Waals surface area contributed by atoms with Gasteiger partial charge in [0.1, 0.15) is 5.76 Å². The number of rotatable bonds is 5. The Morgan fingerprint density at radius 1 is 1.33 bits per heavy atom. The zero-order valence-corrected chi connectivity index (χ0v) is 15.4. The molecule has 0 atom stereocenters. The number of halogens is 2. The lowest BCUT2D eigenvalue weighted by molar-refractivity contribution is -0.142. The SMILES string of the molecule is Cc1cc(C)c(NC(=O)COC(=O)C=Cc2ccc(Br)o2)c(Cl)c1. The molecule has 2 rings (SSSR count). The van der Waals surface area contributed by atoms with E-state index >= 15 is 0 Å². The molecule has 1 N–H and O–H groups in total. The Kier molecular flexibility index (Phi) is 6.23. The first-order valence-corrected chi connectivity index (χ1v) is 8.19. The van der Waals surface area contributed by atoms with Crippen LogP contribution < -0.4 is 5.32 Å². The first-order valence-electron chi connectivity index (χ1n) is 7.02. The molecule has 0 fully saturated rings. The summed E-state index contributed by atoms with van der Waals surface area (Å²) in [6.07, 6.45) is 2.63. The van der Waals surface area contributed by atoms with Crippen LogP contribution in [0.3, 0.4) is 0 Å². The van der Waals surface area contributed by atoms with Gasteiger partial charge in [-0.15, -0.1) is 0 Å². The lowest BCUT2D eigenvalue weighted by Crippen LogP contribution is -2.20. The number of hydrogen-bond donors (Lipinski definition) is 1. The van der Waals surface area contributed by atoms with E-state index in [4.69, 9.17) is 20.8 Å². The van der Waals surface area contributed by atoms with E-state index in [1.54, 1.807) is 18.2 Å². The molecule has 0 spiro atoms. The second-order valence-electron chi connectivity index (χ2n) is 5.07. The van der Waals surface area contributed by atoms with E-state index in [9.17, 15) is 9.59 Å². The van der Waals surface area contributed by atoms with Crippen LogP contribution in [-0.4, -0.2) is 18.5 Å². The number of amides is 1. The molecule has 1 aromatic carbocycles. The van der Waals surface area contributed by atoms with E-state index in [2.05, 4.69) is 21.2 Å². The highest BCUT2D eigenvalue weighted by molar-refractivity contribution is 9.10. The summed E-state index contributed by atoms with van der Waals surface area (Å²) in [5, 5.41) is 3.08. The van der Waals surface area contributed by atoms with Crippen LogP contribution in [0.1, 0.15) is 16.9 Å². The molecular weight excluding hydrogens is 398 g/mol. The molecule has 0 radical (unpaired) electrons. The molecule has 0 aliphatic rings. The number of carbonyl (C=O) groups is 2. The van der Waals surface area contributed by atoms with Crippen LogP contribution >= 0.6 is 27.5 Å². The number of esters is 1. The van der Waals surface area contributed by atoms with Crippen LogP contribution in [0.25, 0.3) is 6.08 Å². The molecule has 0 bridgehead atoms. The van der Waals surface area contributed by atoms with E-state index < -0.39 is 18.5 Å². The normalized spacial score (nSPS) is 10.8. The maximum Gasteiger partial charge on any atom is 0.331 e. The van der Waals surface area contributed by atoms with Gasteiger partial charge in [-0.05, 0) is 65.2 Å². The van der Waals surface area contributed by atoms with Crippen molar-refractivity contribution in [3.63, 3.8) is 0 Å². The minimum atomic E-state index is -0.649. The molecule has 126 valence electrons. The van der Waals surface area contributed by atoms with Crippen molar-refractivity contribution in [3.05, 3.63) is 56.9 Å². The second kappa shape index (κ2) is 8.17. The van der Waals surface area contributed by atoms with Gasteiger partial charge in [0.05, 0.1) is 10.7 Å². The summed E-state index contributed by atoms with van der Waals surface area (Å²) in [7, 11) is 0. The fourth-order valence-corrected chi connectivity index (χ4v) is 2.69. The average molecular weight is 413 g/mol. The lowest BCUT2D eigenvalue weighted by atomic mass is 10.1. The Morgan fingerprint density at radius 2 is 2.08 bits per heavy atom. The summed E-state index contributed by atoms with van der Waals surface area (Å²) < 4.78 is 10.6. The molecule has 0 saturated heterocycles. The van der Waals surface area contributed by atoms with Crippen LogP contribution in [0.5, 0.6) is 0 Å². The highest BCUT2D eigenvalue weighted by Crippen LogP contribution is 2.27. The molecule has 1 amide bonds. The van der Waals surface area contributed by atoms with Crippen molar-refractivity contribution in [2.75, 3.05) is 11.9 Å². The zero-order valence-electron chi connectivity index (χ0n) is 13.1. The Hall–Kier alpha value is -2.05. The standard InChI is InChI=1S/C17H15BrClNO4/c1-10-7-11(2)17(13(19)8-10)20-15(21)9-23-16(22)6-4-12-3-5-14(18)24-12/h3-8H,9H2,1-2H3,(H,20,21). The first kappa shape index (κ1) is 18.3. The number of ether oxygens (including phenoxy) is 1. The van der Waals surface area contributed by atoms with E-state index in [1.807, 2.05) is 19.9 Å². The molecule has 0 aliphatic carbocycles. The summed E-state index contributed by atoms with van der Waals surface area (Å²) in [5.41, 5.74) is 2.35. The number of aryl methyl sites for hydroxylation is 2. The zero-order chi connectivity index (χ0) is 17.7. The Morgan fingerprint density at radius 3 is 2.71 bits per heavy atom. The van der Waals surface area contributed by atoms with Gasteiger partial charge in [0.2, 0.25) is 0 Å². The van der Waals surface area contributed by atoms with E-state index in [0.29, 0.717) is 21.1 Å². The van der Waals surface area contributed by atoms with Gasteiger partial charge in [-0.1, -0.05) is 17.7 Å². The van der Waals surface area contributed by atoms with Gasteiger partial charge in [-0.2, -0.15) is 0 Å². The predicted octanol–water partition coefficient (Wildman–Crippen LogP) is 4.51. The Labute approximate surface area is 152 Å². The fraction of sp³-hybridized carbons (Fsp3) is 0.176. The number of hydrogen-bond acceptors (Lipinski definition) is 4. The van der Waals surface area contributed by atoms with Gasteiger partial charge >= 0.3 is 5.97 Å². The third-order valence-electron chi connectivity index (χ3n) is 3.02. The summed E-state index contributed by atoms with van der Waals surface area (Å²) >= 11 is 9.27. The second-order valence-corrected chi connectivity index (χ2v) is 6.26. The van der Waals surface area contributed by atoms with Crippen LogP contribution in [0, 0.1) is 13.8 Å². The van der Waals surface area contributed by atoms with Crippen molar-refractivity contribution < 1.29 is 18.7 Å². The van der Waals surface area contributed by atoms with Gasteiger partial charge < -0.3 is 14.5 Å². The van der Waals surface area contributed by atoms with Gasteiger partial charge in [0, 0.05) is 6.08 Å². The van der Waals surface area contributed by atoms with Gasteiger partial charge in [-0.25, -0.2) is 4.79 Å². The highest BCUT2D eigenvalue weighted by Gasteiger charge is 2.11. The third kappa shape index (κ3) is 5.25. The molecular formula is C17H15BrClNO4. The quantitative estimate of drug-likeness (QED) is 0.579. The number of carbonyl (C=O) groups excluding carboxylic acids is 2. The largest absolute Gasteiger partial charge is 0.452 e. The van der Waals surface area contributed by atoms with E-state index in [-0.39, 0.29) is 0 Å².